The fraction of sp³-hybridized carbons (Fsp3) is 0.850. The maximum Gasteiger partial charge on any atom is 0.472 e. The molecule has 11 N–H and O–H groups in total. The summed E-state index contributed by atoms with van der Waals surface area (Å²) in [5.74, 6) is -1.34. The number of likely N-dealkylation sites (tertiary alicyclic amines) is 1. The summed E-state index contributed by atoms with van der Waals surface area (Å²) in [4.78, 5) is 158. The summed E-state index contributed by atoms with van der Waals surface area (Å²) in [7, 11) is -53.7. The Bertz CT molecular complexity index is 3210. The van der Waals surface area contributed by atoms with E-state index in [0.29, 0.717) is 31.4 Å². The van der Waals surface area contributed by atoms with Crippen LogP contribution in [0.25, 0.3) is 0 Å². The molecule has 0 saturated carbocycles. The molecular formula is C40H81N2O48P11S. The van der Waals surface area contributed by atoms with Gasteiger partial charge in [-0.2, -0.15) is 0 Å². The zero-order valence-corrected chi connectivity index (χ0v) is 64.6. The fourth-order valence-electron chi connectivity index (χ4n) is 6.63. The summed E-state index contributed by atoms with van der Waals surface area (Å²) in [6.07, 6.45) is 4.32. The maximum atomic E-state index is 12.7. The van der Waals surface area contributed by atoms with Crippen LogP contribution >= 0.6 is 97.8 Å². The molecule has 0 aromatic rings. The van der Waals surface area contributed by atoms with Gasteiger partial charge >= 0.3 is 86.0 Å². The van der Waals surface area contributed by atoms with Crippen molar-refractivity contribution in [2.24, 2.45) is 0 Å². The summed E-state index contributed by atoms with van der Waals surface area (Å²) < 4.78 is 232. The number of imide groups is 2. The first kappa shape index (κ1) is 97.7. The van der Waals surface area contributed by atoms with Crippen LogP contribution in [-0.2, 0) is 169 Å². The van der Waals surface area contributed by atoms with Crippen molar-refractivity contribution in [3.8, 4) is 0 Å². The lowest BCUT2D eigenvalue weighted by atomic mass is 10.2. The van der Waals surface area contributed by atoms with E-state index in [-0.39, 0.29) is 26.1 Å². The Kier molecular flexibility index (Phi) is 44.4. The van der Waals surface area contributed by atoms with E-state index in [0.717, 1.165) is 22.0 Å². The van der Waals surface area contributed by atoms with Gasteiger partial charge in [0.1, 0.15) is 0 Å². The molecule has 600 valence electrons. The van der Waals surface area contributed by atoms with E-state index < -0.39 is 253 Å². The molecule has 102 heavy (non-hydrogen) atoms. The van der Waals surface area contributed by atoms with Crippen molar-refractivity contribution < 1.29 is 223 Å². The molecule has 50 nitrogen and oxygen atoms in total. The van der Waals surface area contributed by atoms with Crippen molar-refractivity contribution in [3.05, 3.63) is 12.2 Å². The van der Waals surface area contributed by atoms with Gasteiger partial charge in [0.05, 0.1) is 150 Å². The number of nitrogens with zero attached hydrogens (tertiary/aromatic N) is 2. The summed E-state index contributed by atoms with van der Waals surface area (Å²) in [6, 6.07) is 0. The number of amides is 4. The molecule has 2 aliphatic heterocycles. The number of thioether (sulfide) groups is 1. The largest absolute Gasteiger partial charge is 0.472 e. The van der Waals surface area contributed by atoms with E-state index in [2.05, 4.69) is 90.5 Å². The molecule has 1 saturated heterocycles. The van der Waals surface area contributed by atoms with Crippen LogP contribution in [0, 0.1) is 0 Å². The van der Waals surface area contributed by atoms with Crippen LogP contribution in [0.2, 0.25) is 0 Å². The Hall–Kier alpha value is -0.420. The average molecular weight is 1730 g/mol. The normalized spacial score (nSPS) is 21.3. The van der Waals surface area contributed by atoms with Gasteiger partial charge in [-0.25, -0.2) is 50.2 Å². The highest BCUT2D eigenvalue weighted by Gasteiger charge is 2.40. The molecule has 12 atom stereocenters. The van der Waals surface area contributed by atoms with Gasteiger partial charge in [0.15, 0.2) is 0 Å². The van der Waals surface area contributed by atoms with Crippen molar-refractivity contribution in [2.75, 3.05) is 158 Å². The van der Waals surface area contributed by atoms with Crippen LogP contribution in [0.5, 0.6) is 0 Å². The van der Waals surface area contributed by atoms with Crippen molar-refractivity contribution in [1.82, 2.24) is 9.80 Å². The number of carbonyl (C=O) groups excluding carboxylic acids is 4. The number of unbranched alkanes of at least 4 members (excludes halogenated alkanes) is 3. The van der Waals surface area contributed by atoms with Gasteiger partial charge in [-0.1, -0.05) is 12.8 Å². The Morgan fingerprint density at radius 3 is 0.765 bits per heavy atom. The van der Waals surface area contributed by atoms with Crippen molar-refractivity contribution in [3.63, 3.8) is 0 Å². The van der Waals surface area contributed by atoms with Crippen LogP contribution in [0.1, 0.15) is 52.9 Å². The molecule has 0 aromatic carbocycles. The lowest BCUT2D eigenvalue weighted by Gasteiger charge is -2.22. The first-order valence-corrected chi connectivity index (χ1v) is 46.3. The van der Waals surface area contributed by atoms with Crippen molar-refractivity contribution in [1.29, 1.82) is 0 Å². The lowest BCUT2D eigenvalue weighted by Crippen LogP contribution is -2.41. The minimum absolute atomic E-state index is 0.0160. The Morgan fingerprint density at radius 1 is 0.324 bits per heavy atom. The van der Waals surface area contributed by atoms with Crippen LogP contribution in [-0.4, -0.2) is 256 Å². The monoisotopic (exact) mass is 1730 g/mol. The predicted octanol–water partition coefficient (Wildman–Crippen LogP) is 3.60. The van der Waals surface area contributed by atoms with Crippen LogP contribution in [0.15, 0.2) is 12.2 Å². The Morgan fingerprint density at radius 2 is 0.529 bits per heavy atom. The third-order valence-electron chi connectivity index (χ3n) is 10.6. The third kappa shape index (κ3) is 48.3. The minimum Gasteiger partial charge on any atom is -0.302 e. The van der Waals surface area contributed by atoms with Gasteiger partial charge in [0, 0.05) is 31.7 Å². The van der Waals surface area contributed by atoms with Gasteiger partial charge in [0.2, 0.25) is 11.8 Å². The highest BCUT2D eigenvalue weighted by molar-refractivity contribution is 8.00. The standard InChI is InChI=1S/C40H81N2O48P11S/c1-40(2,3)90-101(67,68)89-32-31-88-100(65,66)87-30-29-86-99(63,64)85-28-27-84-98(61,62)83-26-25-82-97(59,60)81-24-23-80-96(57,58)79-22-21-78-95(55,56)77-20-19-76-94(53,54)75-18-17-74-93(51,52)73-16-15-72-92(49,50)71-14-13-70-91(47,48)69-12-6-4-5-7-33-102-35-34-38(45)42(39(35)46)11-10-41-36(43)8-9-37(41)44/h8-9,35H,4-7,10-34H2,1-3H3,(H,47,48)(H,49,50)(H,51,52)(H,53,54)(H,55,56)(H,57,58)(H,59,60)(H,61,62)(H,63,64)(H,65,66)(H,67,68). The second-order valence-corrected chi connectivity index (χ2v) is 37.1. The van der Waals surface area contributed by atoms with E-state index in [1.807, 2.05) is 0 Å². The van der Waals surface area contributed by atoms with E-state index in [4.69, 9.17) is 9.05 Å². The molecule has 0 bridgehead atoms. The SMILES string of the molecule is CC(C)(C)OP(=O)(O)OCCOP(=O)(O)OCCOP(=O)(O)OCCOP(=O)(O)OCCOP(=O)(O)OCCOP(=O)(O)OCCOP(=O)(O)OCCOP(=O)(O)OCCOP(=O)(O)OCCOP(=O)(O)OCCOP(=O)(O)OCCCCCCSC1CC(=O)N(CCN2C(=O)C=CC2=O)C1=O. The molecule has 0 aromatic heterocycles. The van der Waals surface area contributed by atoms with Gasteiger partial charge in [-0.15, -0.1) is 11.8 Å². The quantitative estimate of drug-likeness (QED) is 0.0235. The zero-order chi connectivity index (χ0) is 77.2. The molecule has 12 unspecified atom stereocenters. The number of hydrogen-bond acceptors (Lipinski definition) is 38. The number of phosphoric acid groups is 11. The van der Waals surface area contributed by atoms with Gasteiger partial charge < -0.3 is 53.8 Å². The van der Waals surface area contributed by atoms with Gasteiger partial charge in [-0.3, -0.25) is 129 Å². The highest BCUT2D eigenvalue weighted by Crippen LogP contribution is 2.52. The molecule has 1 fully saturated rings. The lowest BCUT2D eigenvalue weighted by molar-refractivity contribution is -0.142. The van der Waals surface area contributed by atoms with Crippen LogP contribution < -0.4 is 0 Å². The Balaban J connectivity index is 1.47. The summed E-state index contributed by atoms with van der Waals surface area (Å²) in [5, 5.41) is -0.603. The molecule has 62 heteroatoms. The van der Waals surface area contributed by atoms with E-state index in [1.54, 1.807) is 0 Å². The smallest absolute Gasteiger partial charge is 0.302 e. The molecule has 4 amide bonds. The fourth-order valence-corrected chi connectivity index (χ4v) is 15.8. The van der Waals surface area contributed by atoms with Crippen molar-refractivity contribution >= 4 is 121 Å². The van der Waals surface area contributed by atoms with Crippen LogP contribution in [0.3, 0.4) is 0 Å². The number of carbonyl (C=O) groups is 4. The van der Waals surface area contributed by atoms with E-state index in [1.165, 1.54) is 32.5 Å². The van der Waals surface area contributed by atoms with Crippen molar-refractivity contribution in [2.45, 2.75) is 63.7 Å². The molecule has 2 heterocycles. The minimum atomic E-state index is -5.01. The number of hydrogen-bond donors (Lipinski definition) is 11. The first-order valence-electron chi connectivity index (χ1n) is 28.8. The highest BCUT2D eigenvalue weighted by atomic mass is 32.2. The summed E-state index contributed by atoms with van der Waals surface area (Å²) >= 11 is 1.29. The van der Waals surface area contributed by atoms with Gasteiger partial charge in [-0.05, 0) is 39.4 Å². The molecule has 0 aliphatic carbocycles. The first-order chi connectivity index (χ1) is 47.0. The molecule has 2 rings (SSSR count). The molecular weight excluding hydrogens is 1650 g/mol. The number of rotatable bonds is 63. The molecule has 0 spiro atoms. The Labute approximate surface area is 585 Å². The molecule has 0 radical (unpaired) electrons. The number of phosphoric ester groups is 11. The molecule has 2 aliphatic rings. The summed E-state index contributed by atoms with van der Waals surface area (Å²) in [6.45, 7) is -13.4. The third-order valence-corrected chi connectivity index (χ3v) is 23.3. The zero-order valence-electron chi connectivity index (χ0n) is 54.0. The second-order valence-electron chi connectivity index (χ2n) is 19.9. The maximum absolute atomic E-state index is 12.7. The van der Waals surface area contributed by atoms with E-state index in [9.17, 15) is 123 Å². The van der Waals surface area contributed by atoms with Gasteiger partial charge in [0.25, 0.3) is 11.8 Å². The predicted molar refractivity (Wildman–Crippen MR) is 336 cm³/mol. The van der Waals surface area contributed by atoms with E-state index >= 15 is 0 Å². The summed E-state index contributed by atoms with van der Waals surface area (Å²) in [5.41, 5.74) is -1.06. The second kappa shape index (κ2) is 46.4. The average Bonchev–Trinajstić information content (AvgIpc) is 1.68. The topological polar surface area (TPSA) is 688 Å². The van der Waals surface area contributed by atoms with Crippen LogP contribution in [0.4, 0.5) is 0 Å².